The summed E-state index contributed by atoms with van der Waals surface area (Å²) in [5.74, 6) is 0.514. The molecule has 4 nitrogen and oxygen atoms in total. The molecule has 106 valence electrons. The van der Waals surface area contributed by atoms with Crippen LogP contribution in [0.4, 0.5) is 0 Å². The van der Waals surface area contributed by atoms with Crippen molar-refractivity contribution < 1.29 is 4.74 Å². The summed E-state index contributed by atoms with van der Waals surface area (Å²) in [7, 11) is 0. The molecule has 1 aliphatic heterocycles. The van der Waals surface area contributed by atoms with Gasteiger partial charge in [-0.25, -0.2) is 0 Å². The van der Waals surface area contributed by atoms with E-state index in [0.29, 0.717) is 12.0 Å². The van der Waals surface area contributed by atoms with Gasteiger partial charge in [0.1, 0.15) is 0 Å². The zero-order chi connectivity index (χ0) is 13.1. The highest BCUT2D eigenvalue weighted by Gasteiger charge is 2.24. The molecule has 1 aliphatic carbocycles. The zero-order valence-electron chi connectivity index (χ0n) is 11.6. The van der Waals surface area contributed by atoms with Gasteiger partial charge in [0.05, 0.1) is 18.3 Å². The van der Waals surface area contributed by atoms with Crippen molar-refractivity contribution in [3.05, 3.63) is 18.0 Å². The van der Waals surface area contributed by atoms with E-state index in [2.05, 4.69) is 16.9 Å². The van der Waals surface area contributed by atoms with Gasteiger partial charge in [0, 0.05) is 25.3 Å². The first-order valence-corrected chi connectivity index (χ1v) is 7.70. The molecule has 2 heterocycles. The molecule has 0 radical (unpaired) electrons. The quantitative estimate of drug-likeness (QED) is 0.907. The maximum Gasteiger partial charge on any atom is 0.0640 e. The minimum atomic E-state index is 0.192. The van der Waals surface area contributed by atoms with Crippen molar-refractivity contribution in [2.75, 3.05) is 13.2 Å². The van der Waals surface area contributed by atoms with E-state index >= 15 is 0 Å². The van der Waals surface area contributed by atoms with Gasteiger partial charge in [-0.2, -0.15) is 5.10 Å². The number of hydrogen-bond donors (Lipinski definition) is 1. The second-order valence-electron chi connectivity index (χ2n) is 6.07. The van der Waals surface area contributed by atoms with Crippen LogP contribution in [0.15, 0.2) is 12.3 Å². The van der Waals surface area contributed by atoms with Crippen LogP contribution in [0.3, 0.4) is 0 Å². The summed E-state index contributed by atoms with van der Waals surface area (Å²) in [5, 5.41) is 4.74. The van der Waals surface area contributed by atoms with Gasteiger partial charge in [-0.1, -0.05) is 19.3 Å². The lowest BCUT2D eigenvalue weighted by molar-refractivity contribution is 0.180. The molecule has 2 aliphatic rings. The highest BCUT2D eigenvalue weighted by atomic mass is 16.5. The predicted molar refractivity (Wildman–Crippen MR) is 75.0 cm³/mol. The third-order valence-electron chi connectivity index (χ3n) is 4.63. The summed E-state index contributed by atoms with van der Waals surface area (Å²) in [6.07, 6.45) is 10.8. The highest BCUT2D eigenvalue weighted by Crippen LogP contribution is 2.27. The number of aromatic nitrogens is 2. The van der Waals surface area contributed by atoms with Crippen molar-refractivity contribution in [1.82, 2.24) is 9.78 Å². The van der Waals surface area contributed by atoms with Crippen LogP contribution in [-0.2, 0) is 11.2 Å². The van der Waals surface area contributed by atoms with E-state index in [1.165, 1.54) is 32.1 Å². The number of ether oxygens (including phenoxy) is 1. The first kappa shape index (κ1) is 13.1. The van der Waals surface area contributed by atoms with Crippen molar-refractivity contribution in [3.8, 4) is 0 Å². The Balaban J connectivity index is 1.57. The molecular formula is C15H25N3O. The minimum Gasteiger partial charge on any atom is -0.381 e. The Hall–Kier alpha value is -0.870. The molecule has 2 unspecified atom stereocenters. The molecule has 0 aromatic carbocycles. The number of nitrogens with two attached hydrogens (primary N) is 1. The zero-order valence-corrected chi connectivity index (χ0v) is 11.6. The Kier molecular flexibility index (Phi) is 4.18. The third-order valence-corrected chi connectivity index (χ3v) is 4.63. The van der Waals surface area contributed by atoms with Crippen molar-refractivity contribution in [2.45, 2.75) is 57.0 Å². The van der Waals surface area contributed by atoms with Gasteiger partial charge in [-0.3, -0.25) is 4.68 Å². The van der Waals surface area contributed by atoms with E-state index in [1.54, 1.807) is 0 Å². The minimum absolute atomic E-state index is 0.192. The van der Waals surface area contributed by atoms with Gasteiger partial charge < -0.3 is 10.5 Å². The van der Waals surface area contributed by atoms with Gasteiger partial charge in [0.25, 0.3) is 0 Å². The molecule has 3 rings (SSSR count). The molecule has 2 N–H and O–H groups in total. The SMILES string of the molecule is NC(Cc1ccn(C2CCCCC2)n1)C1CCOC1. The van der Waals surface area contributed by atoms with Crippen LogP contribution in [0.25, 0.3) is 0 Å². The molecule has 2 fully saturated rings. The van der Waals surface area contributed by atoms with E-state index in [0.717, 1.165) is 31.7 Å². The first-order valence-electron chi connectivity index (χ1n) is 7.70. The fourth-order valence-corrected chi connectivity index (χ4v) is 3.33. The van der Waals surface area contributed by atoms with Gasteiger partial charge in [-0.05, 0) is 31.2 Å². The maximum absolute atomic E-state index is 6.27. The van der Waals surface area contributed by atoms with Gasteiger partial charge in [-0.15, -0.1) is 0 Å². The number of hydrogen-bond acceptors (Lipinski definition) is 3. The standard InChI is InChI=1S/C15H25N3O/c16-15(12-7-9-19-11-12)10-13-6-8-18(17-13)14-4-2-1-3-5-14/h6,8,12,14-15H,1-5,7,9-11,16H2. The Morgan fingerprint density at radius 1 is 1.32 bits per heavy atom. The summed E-state index contributed by atoms with van der Waals surface area (Å²) in [6, 6.07) is 2.95. The van der Waals surface area contributed by atoms with E-state index in [4.69, 9.17) is 15.6 Å². The van der Waals surface area contributed by atoms with Crippen LogP contribution < -0.4 is 5.73 Å². The summed E-state index contributed by atoms with van der Waals surface area (Å²) >= 11 is 0. The smallest absolute Gasteiger partial charge is 0.0640 e. The predicted octanol–water partition coefficient (Wildman–Crippen LogP) is 2.29. The van der Waals surface area contributed by atoms with Crippen molar-refractivity contribution in [3.63, 3.8) is 0 Å². The average Bonchev–Trinajstić information content (AvgIpc) is 3.11. The lowest BCUT2D eigenvalue weighted by Crippen LogP contribution is -2.32. The molecule has 4 heteroatoms. The molecule has 0 spiro atoms. The molecule has 19 heavy (non-hydrogen) atoms. The molecule has 2 atom stereocenters. The van der Waals surface area contributed by atoms with Gasteiger partial charge in [0.2, 0.25) is 0 Å². The number of rotatable bonds is 4. The first-order chi connectivity index (χ1) is 9.33. The van der Waals surface area contributed by atoms with E-state index in [-0.39, 0.29) is 6.04 Å². The Morgan fingerprint density at radius 2 is 2.16 bits per heavy atom. The highest BCUT2D eigenvalue weighted by molar-refractivity contribution is 5.03. The molecule has 0 bridgehead atoms. The second-order valence-corrected chi connectivity index (χ2v) is 6.07. The van der Waals surface area contributed by atoms with Crippen molar-refractivity contribution >= 4 is 0 Å². The number of nitrogens with zero attached hydrogens (tertiary/aromatic N) is 2. The summed E-state index contributed by atoms with van der Waals surface area (Å²) in [5.41, 5.74) is 7.41. The summed E-state index contributed by atoms with van der Waals surface area (Å²) < 4.78 is 7.58. The normalized spacial score (nSPS) is 26.7. The van der Waals surface area contributed by atoms with Crippen LogP contribution in [0, 0.1) is 5.92 Å². The fourth-order valence-electron chi connectivity index (χ4n) is 3.33. The molecule has 1 saturated heterocycles. The monoisotopic (exact) mass is 263 g/mol. The van der Waals surface area contributed by atoms with Crippen LogP contribution in [0.1, 0.15) is 50.3 Å². The van der Waals surface area contributed by atoms with Crippen molar-refractivity contribution in [1.29, 1.82) is 0 Å². The summed E-state index contributed by atoms with van der Waals surface area (Å²) in [6.45, 7) is 1.69. The molecule has 0 amide bonds. The lowest BCUT2D eigenvalue weighted by atomic mass is 9.96. The topological polar surface area (TPSA) is 53.1 Å². The second kappa shape index (κ2) is 6.06. The van der Waals surface area contributed by atoms with Gasteiger partial charge in [0.15, 0.2) is 0 Å². The van der Waals surface area contributed by atoms with Crippen LogP contribution in [0.2, 0.25) is 0 Å². The fraction of sp³-hybridized carbons (Fsp3) is 0.800. The lowest BCUT2D eigenvalue weighted by Gasteiger charge is -2.22. The van der Waals surface area contributed by atoms with E-state index < -0.39 is 0 Å². The Morgan fingerprint density at radius 3 is 2.89 bits per heavy atom. The molecule has 1 saturated carbocycles. The third kappa shape index (κ3) is 3.18. The largest absolute Gasteiger partial charge is 0.381 e. The van der Waals surface area contributed by atoms with Crippen LogP contribution in [0.5, 0.6) is 0 Å². The van der Waals surface area contributed by atoms with Gasteiger partial charge >= 0.3 is 0 Å². The Bertz CT molecular complexity index is 392. The summed E-state index contributed by atoms with van der Waals surface area (Å²) in [4.78, 5) is 0. The van der Waals surface area contributed by atoms with Crippen LogP contribution >= 0.6 is 0 Å². The van der Waals surface area contributed by atoms with Crippen molar-refractivity contribution in [2.24, 2.45) is 11.7 Å². The van der Waals surface area contributed by atoms with E-state index in [1.807, 2.05) is 0 Å². The van der Waals surface area contributed by atoms with Crippen LogP contribution in [-0.4, -0.2) is 29.0 Å². The average molecular weight is 263 g/mol. The molecular weight excluding hydrogens is 238 g/mol. The Labute approximate surface area is 115 Å². The maximum atomic E-state index is 6.27. The molecule has 1 aromatic heterocycles. The van der Waals surface area contributed by atoms with E-state index in [9.17, 15) is 0 Å². The molecule has 1 aromatic rings.